The van der Waals surface area contributed by atoms with Crippen molar-refractivity contribution in [2.24, 2.45) is 11.8 Å². The zero-order valence-corrected chi connectivity index (χ0v) is 17.7. The van der Waals surface area contributed by atoms with E-state index < -0.39 is 0 Å². The Bertz CT molecular complexity index is 1150. The van der Waals surface area contributed by atoms with E-state index in [2.05, 4.69) is 109 Å². The van der Waals surface area contributed by atoms with Gasteiger partial charge in [0.15, 0.2) is 0 Å². The Labute approximate surface area is 184 Å². The molecular formula is C31H26. The summed E-state index contributed by atoms with van der Waals surface area (Å²) >= 11 is 0. The van der Waals surface area contributed by atoms with Crippen LogP contribution < -0.4 is 0 Å². The van der Waals surface area contributed by atoms with Gasteiger partial charge in [-0.05, 0) is 75.6 Å². The van der Waals surface area contributed by atoms with Crippen molar-refractivity contribution in [3.63, 3.8) is 0 Å². The zero-order chi connectivity index (χ0) is 20.6. The van der Waals surface area contributed by atoms with Gasteiger partial charge in [0.1, 0.15) is 0 Å². The van der Waals surface area contributed by atoms with Crippen molar-refractivity contribution in [2.45, 2.75) is 19.3 Å². The molecule has 0 spiro atoms. The van der Waals surface area contributed by atoms with Crippen LogP contribution in [0.15, 0.2) is 109 Å². The molecule has 150 valence electrons. The largest absolute Gasteiger partial charge is 0.0622 e. The predicted octanol–water partition coefficient (Wildman–Crippen LogP) is 8.36. The van der Waals surface area contributed by atoms with Crippen molar-refractivity contribution >= 4 is 11.1 Å². The summed E-state index contributed by atoms with van der Waals surface area (Å²) in [6, 6.07) is 39.8. The van der Waals surface area contributed by atoms with Gasteiger partial charge in [-0.2, -0.15) is 0 Å². The number of allylic oxidation sites excluding steroid dienone is 2. The summed E-state index contributed by atoms with van der Waals surface area (Å²) in [6.07, 6.45) is 3.94. The fourth-order valence-corrected chi connectivity index (χ4v) is 5.85. The number of hydrogen-bond acceptors (Lipinski definition) is 0. The highest BCUT2D eigenvalue weighted by Crippen LogP contribution is 2.58. The smallest absolute Gasteiger partial charge is 0.0108 e. The van der Waals surface area contributed by atoms with Crippen LogP contribution >= 0.6 is 0 Å². The highest BCUT2D eigenvalue weighted by molar-refractivity contribution is 6.02. The van der Waals surface area contributed by atoms with E-state index in [1.165, 1.54) is 52.6 Å². The quantitative estimate of drug-likeness (QED) is 0.324. The molecule has 2 bridgehead atoms. The molecule has 0 heterocycles. The third kappa shape index (κ3) is 3.15. The maximum atomic E-state index is 2.35. The van der Waals surface area contributed by atoms with Crippen LogP contribution in [0.4, 0.5) is 0 Å². The third-order valence-corrected chi connectivity index (χ3v) is 7.14. The first-order valence-electron chi connectivity index (χ1n) is 11.4. The molecule has 4 aromatic carbocycles. The van der Waals surface area contributed by atoms with E-state index in [9.17, 15) is 0 Å². The maximum absolute atomic E-state index is 2.35. The molecule has 0 radical (unpaired) electrons. The third-order valence-electron chi connectivity index (χ3n) is 7.14. The Morgan fingerprint density at radius 2 is 0.742 bits per heavy atom. The van der Waals surface area contributed by atoms with E-state index >= 15 is 0 Å². The lowest BCUT2D eigenvalue weighted by Gasteiger charge is -2.24. The molecule has 2 atom stereocenters. The number of benzene rings is 4. The van der Waals surface area contributed by atoms with E-state index in [0.29, 0.717) is 11.8 Å². The number of hydrogen-bond donors (Lipinski definition) is 0. The SMILES string of the molecule is c1ccc(-c2ccccc2C2=C(c3ccccc3-c3ccccc3)C3CCC2C3)cc1. The molecule has 0 heteroatoms. The van der Waals surface area contributed by atoms with Crippen molar-refractivity contribution in [1.29, 1.82) is 0 Å². The summed E-state index contributed by atoms with van der Waals surface area (Å²) in [5.41, 5.74) is 11.4. The minimum atomic E-state index is 0.675. The monoisotopic (exact) mass is 398 g/mol. The lowest BCUT2D eigenvalue weighted by molar-refractivity contribution is 0.706. The van der Waals surface area contributed by atoms with Crippen molar-refractivity contribution in [3.05, 3.63) is 120 Å². The molecule has 31 heavy (non-hydrogen) atoms. The van der Waals surface area contributed by atoms with Crippen LogP contribution in [0.25, 0.3) is 33.4 Å². The first-order valence-corrected chi connectivity index (χ1v) is 11.4. The van der Waals surface area contributed by atoms with Gasteiger partial charge >= 0.3 is 0 Å². The van der Waals surface area contributed by atoms with Crippen LogP contribution in [0, 0.1) is 11.8 Å². The molecule has 0 nitrogen and oxygen atoms in total. The fourth-order valence-electron chi connectivity index (χ4n) is 5.85. The molecule has 1 saturated carbocycles. The van der Waals surface area contributed by atoms with Gasteiger partial charge in [-0.25, -0.2) is 0 Å². The van der Waals surface area contributed by atoms with Crippen LogP contribution in [0.1, 0.15) is 30.4 Å². The second-order valence-electron chi connectivity index (χ2n) is 8.86. The zero-order valence-electron chi connectivity index (χ0n) is 17.7. The van der Waals surface area contributed by atoms with Gasteiger partial charge in [0, 0.05) is 0 Å². The van der Waals surface area contributed by atoms with Crippen molar-refractivity contribution in [2.75, 3.05) is 0 Å². The molecule has 0 amide bonds. The van der Waals surface area contributed by atoms with Crippen LogP contribution in [0.3, 0.4) is 0 Å². The van der Waals surface area contributed by atoms with Crippen LogP contribution in [-0.2, 0) is 0 Å². The van der Waals surface area contributed by atoms with E-state index in [-0.39, 0.29) is 0 Å². The lowest BCUT2D eigenvalue weighted by Crippen LogP contribution is -2.05. The second kappa shape index (κ2) is 7.71. The van der Waals surface area contributed by atoms with Gasteiger partial charge in [-0.1, -0.05) is 109 Å². The summed E-state index contributed by atoms with van der Waals surface area (Å²) in [6.45, 7) is 0. The van der Waals surface area contributed by atoms with Gasteiger partial charge < -0.3 is 0 Å². The normalized spacial score (nSPS) is 19.7. The molecule has 0 aliphatic heterocycles. The molecule has 0 aromatic heterocycles. The van der Waals surface area contributed by atoms with Gasteiger partial charge in [-0.15, -0.1) is 0 Å². The molecule has 2 aliphatic carbocycles. The topological polar surface area (TPSA) is 0 Å². The fraction of sp³-hybridized carbons (Fsp3) is 0.161. The summed E-state index contributed by atoms with van der Waals surface area (Å²) in [5.74, 6) is 1.35. The summed E-state index contributed by atoms with van der Waals surface area (Å²) in [4.78, 5) is 0. The van der Waals surface area contributed by atoms with Gasteiger partial charge in [0.25, 0.3) is 0 Å². The minimum Gasteiger partial charge on any atom is -0.0622 e. The lowest BCUT2D eigenvalue weighted by atomic mass is 9.80. The number of rotatable bonds is 4. The molecule has 2 unspecified atom stereocenters. The van der Waals surface area contributed by atoms with Crippen LogP contribution in [-0.4, -0.2) is 0 Å². The summed E-state index contributed by atoms with van der Waals surface area (Å²) in [5, 5.41) is 0. The van der Waals surface area contributed by atoms with Gasteiger partial charge in [0.2, 0.25) is 0 Å². The highest BCUT2D eigenvalue weighted by Gasteiger charge is 2.41. The average molecular weight is 399 g/mol. The van der Waals surface area contributed by atoms with Gasteiger partial charge in [0.05, 0.1) is 0 Å². The van der Waals surface area contributed by atoms with Crippen LogP contribution in [0.2, 0.25) is 0 Å². The first kappa shape index (κ1) is 18.4. The first-order chi connectivity index (χ1) is 15.4. The second-order valence-corrected chi connectivity index (χ2v) is 8.86. The summed E-state index contributed by atoms with van der Waals surface area (Å²) < 4.78 is 0. The molecule has 4 aromatic rings. The Kier molecular flexibility index (Phi) is 4.57. The average Bonchev–Trinajstić information content (AvgIpc) is 3.47. The Morgan fingerprint density at radius 1 is 0.387 bits per heavy atom. The van der Waals surface area contributed by atoms with Crippen molar-refractivity contribution in [3.8, 4) is 22.3 Å². The molecular weight excluding hydrogens is 372 g/mol. The Hall–Kier alpha value is -3.38. The highest BCUT2D eigenvalue weighted by atomic mass is 14.4. The van der Waals surface area contributed by atoms with Gasteiger partial charge in [-0.3, -0.25) is 0 Å². The molecule has 2 aliphatic rings. The maximum Gasteiger partial charge on any atom is -0.0108 e. The van der Waals surface area contributed by atoms with Crippen molar-refractivity contribution in [1.82, 2.24) is 0 Å². The molecule has 0 saturated heterocycles. The molecule has 6 rings (SSSR count). The summed E-state index contributed by atoms with van der Waals surface area (Å²) in [7, 11) is 0. The van der Waals surface area contributed by atoms with E-state index in [4.69, 9.17) is 0 Å². The van der Waals surface area contributed by atoms with Crippen molar-refractivity contribution < 1.29 is 0 Å². The Balaban J connectivity index is 1.60. The van der Waals surface area contributed by atoms with E-state index in [0.717, 1.165) is 0 Å². The number of fused-ring (bicyclic) bond motifs is 2. The minimum absolute atomic E-state index is 0.675. The molecule has 0 N–H and O–H groups in total. The Morgan fingerprint density at radius 3 is 1.16 bits per heavy atom. The van der Waals surface area contributed by atoms with E-state index in [1.54, 1.807) is 11.1 Å². The van der Waals surface area contributed by atoms with E-state index in [1.807, 2.05) is 0 Å². The van der Waals surface area contributed by atoms with Crippen LogP contribution in [0.5, 0.6) is 0 Å². The predicted molar refractivity (Wildman–Crippen MR) is 131 cm³/mol. The standard InChI is InChI=1S/C31H26/c1-3-11-22(12-4-1)26-15-7-9-17-28(26)30-24-19-20-25(21-24)31(30)29-18-10-8-16-27(29)23-13-5-2-6-14-23/h1-18,24-25H,19-21H2. The molecule has 1 fully saturated rings.